The van der Waals surface area contributed by atoms with Crippen LogP contribution in [-0.4, -0.2) is 25.8 Å². The smallest absolute Gasteiger partial charge is 0.404 e. The predicted octanol–water partition coefficient (Wildman–Crippen LogP) is 0.638. The van der Waals surface area contributed by atoms with Crippen molar-refractivity contribution in [1.29, 1.82) is 0 Å². The Balaban J connectivity index is 2.95. The fraction of sp³-hybridized carbons (Fsp3) is 0.200. The van der Waals surface area contributed by atoms with Crippen molar-refractivity contribution in [2.24, 2.45) is 0 Å². The number of carboxylic acids is 1. The second-order valence-corrected chi connectivity index (χ2v) is 3.00. The molecule has 1 rings (SSSR count). The van der Waals surface area contributed by atoms with Crippen LogP contribution < -0.4 is 0 Å². The molecule has 0 unspecified atom stereocenters. The third-order valence-electron chi connectivity index (χ3n) is 1.17. The van der Waals surface area contributed by atoms with Crippen molar-refractivity contribution < 1.29 is 14.8 Å². The summed E-state index contributed by atoms with van der Waals surface area (Å²) in [5, 5.41) is 22.1. The Bertz CT molecular complexity index is 361. The van der Waals surface area contributed by atoms with Crippen LogP contribution in [0.3, 0.4) is 0 Å². The van der Waals surface area contributed by atoms with Gasteiger partial charge in [0.15, 0.2) is 6.54 Å². The van der Waals surface area contributed by atoms with Crippen LogP contribution in [0.1, 0.15) is 0 Å². The van der Waals surface area contributed by atoms with Crippen LogP contribution in [0.2, 0.25) is 0 Å². The molecule has 1 aromatic rings. The van der Waals surface area contributed by atoms with Crippen LogP contribution >= 0.6 is 15.9 Å². The molecule has 8 heteroatoms. The summed E-state index contributed by atoms with van der Waals surface area (Å²) in [4.78, 5) is 19.8. The van der Waals surface area contributed by atoms with Gasteiger partial charge in [-0.2, -0.15) is 4.68 Å². The van der Waals surface area contributed by atoms with Crippen LogP contribution in [0.4, 0.5) is 5.82 Å². The van der Waals surface area contributed by atoms with E-state index in [0.29, 0.717) is 0 Å². The van der Waals surface area contributed by atoms with Gasteiger partial charge in [-0.05, 0) is 20.9 Å². The van der Waals surface area contributed by atoms with Gasteiger partial charge in [-0.1, -0.05) is 0 Å². The van der Waals surface area contributed by atoms with Gasteiger partial charge in [-0.3, -0.25) is 4.79 Å². The first-order valence-corrected chi connectivity index (χ1v) is 3.89. The van der Waals surface area contributed by atoms with Crippen molar-refractivity contribution in [3.05, 3.63) is 20.8 Å². The van der Waals surface area contributed by atoms with E-state index in [0.717, 1.165) is 4.68 Å². The lowest BCUT2D eigenvalue weighted by atomic mass is 10.6. The second-order valence-electron chi connectivity index (χ2n) is 2.15. The lowest BCUT2D eigenvalue weighted by Crippen LogP contribution is -2.09. The minimum absolute atomic E-state index is 0.166. The Morgan fingerprint density at radius 1 is 1.85 bits per heavy atom. The van der Waals surface area contributed by atoms with Gasteiger partial charge in [0.05, 0.1) is 11.3 Å². The van der Waals surface area contributed by atoms with Gasteiger partial charge in [0.25, 0.3) is 0 Å². The fourth-order valence-electron chi connectivity index (χ4n) is 0.730. The highest BCUT2D eigenvalue weighted by molar-refractivity contribution is 9.10. The Kier molecular flexibility index (Phi) is 2.61. The van der Waals surface area contributed by atoms with Crippen LogP contribution in [-0.2, 0) is 11.3 Å². The number of aliphatic carboxylic acids is 1. The third kappa shape index (κ3) is 2.25. The van der Waals surface area contributed by atoms with E-state index >= 15 is 0 Å². The molecule has 0 bridgehead atoms. The molecule has 0 saturated carbocycles. The summed E-state index contributed by atoms with van der Waals surface area (Å²) < 4.78 is 1.14. The van der Waals surface area contributed by atoms with Gasteiger partial charge < -0.3 is 15.2 Å². The summed E-state index contributed by atoms with van der Waals surface area (Å²) in [5.74, 6) is -1.49. The second kappa shape index (κ2) is 3.52. The third-order valence-corrected chi connectivity index (χ3v) is 1.73. The largest absolute Gasteiger partial charge is 0.480 e. The molecule has 0 aliphatic carbocycles. The standard InChI is InChI=1S/C5H4BrN3O4/c6-3-1-8(2-4(10)11)7-5(3)9(12)13/h1H,2H2,(H,10,11). The van der Waals surface area contributed by atoms with Gasteiger partial charge in [0, 0.05) is 0 Å². The molecule has 0 aliphatic heterocycles. The van der Waals surface area contributed by atoms with Crippen molar-refractivity contribution in [2.45, 2.75) is 6.54 Å². The Hall–Kier alpha value is -1.44. The summed E-state index contributed by atoms with van der Waals surface area (Å²) in [6.07, 6.45) is 1.24. The molecule has 0 aliphatic rings. The average molecular weight is 250 g/mol. The van der Waals surface area contributed by atoms with Crippen molar-refractivity contribution >= 4 is 27.7 Å². The molecule has 0 atom stereocenters. The predicted molar refractivity (Wildman–Crippen MR) is 44.2 cm³/mol. The first-order valence-electron chi connectivity index (χ1n) is 3.10. The first-order chi connectivity index (χ1) is 6.00. The number of hydrogen-bond acceptors (Lipinski definition) is 4. The van der Waals surface area contributed by atoms with E-state index in [1.54, 1.807) is 0 Å². The monoisotopic (exact) mass is 249 g/mol. The van der Waals surface area contributed by atoms with E-state index in [1.165, 1.54) is 6.20 Å². The lowest BCUT2D eigenvalue weighted by molar-refractivity contribution is -0.390. The molecular formula is C5H4BrN3O4. The van der Waals surface area contributed by atoms with Gasteiger partial charge in [0.1, 0.15) is 4.47 Å². The number of rotatable bonds is 3. The minimum atomic E-state index is -1.11. The maximum atomic E-state index is 10.3. The van der Waals surface area contributed by atoms with Gasteiger partial charge in [0.2, 0.25) is 0 Å². The highest BCUT2D eigenvalue weighted by Crippen LogP contribution is 2.21. The summed E-state index contributed by atoms with van der Waals surface area (Å²) in [5.41, 5.74) is 0. The fourth-order valence-corrected chi connectivity index (χ4v) is 1.19. The molecule has 0 aromatic carbocycles. The number of hydrogen-bond donors (Lipinski definition) is 1. The highest BCUT2D eigenvalue weighted by Gasteiger charge is 2.19. The zero-order valence-electron chi connectivity index (χ0n) is 6.18. The zero-order chi connectivity index (χ0) is 10.0. The quantitative estimate of drug-likeness (QED) is 0.626. The number of nitrogens with zero attached hydrogens (tertiary/aromatic N) is 3. The van der Waals surface area contributed by atoms with E-state index in [9.17, 15) is 14.9 Å². The van der Waals surface area contributed by atoms with Gasteiger partial charge >= 0.3 is 11.8 Å². The first kappa shape index (κ1) is 9.65. The Morgan fingerprint density at radius 2 is 2.46 bits per heavy atom. The molecule has 1 heterocycles. The highest BCUT2D eigenvalue weighted by atomic mass is 79.9. The molecule has 13 heavy (non-hydrogen) atoms. The molecule has 1 N–H and O–H groups in total. The van der Waals surface area contributed by atoms with E-state index < -0.39 is 17.4 Å². The van der Waals surface area contributed by atoms with Crippen LogP contribution in [0.25, 0.3) is 0 Å². The summed E-state index contributed by atoms with van der Waals surface area (Å²) >= 11 is 2.89. The average Bonchev–Trinajstić information content (AvgIpc) is 2.29. The lowest BCUT2D eigenvalue weighted by Gasteiger charge is -1.87. The topological polar surface area (TPSA) is 98.3 Å². The van der Waals surface area contributed by atoms with Crippen LogP contribution in [0.5, 0.6) is 0 Å². The number of halogens is 1. The van der Waals surface area contributed by atoms with E-state index in [4.69, 9.17) is 5.11 Å². The molecule has 0 saturated heterocycles. The molecule has 0 radical (unpaired) electrons. The van der Waals surface area contributed by atoms with Crippen LogP contribution in [0.15, 0.2) is 10.7 Å². The molecule has 70 valence electrons. The number of carboxylic acid groups (broad SMARTS) is 1. The number of nitro groups is 1. The minimum Gasteiger partial charge on any atom is -0.480 e. The molecule has 0 fully saturated rings. The van der Waals surface area contributed by atoms with Crippen molar-refractivity contribution in [2.75, 3.05) is 0 Å². The number of aromatic nitrogens is 2. The summed E-state index contributed by atoms with van der Waals surface area (Å²) in [7, 11) is 0. The number of carbonyl (C=O) groups is 1. The summed E-state index contributed by atoms with van der Waals surface area (Å²) in [6.45, 7) is -0.396. The van der Waals surface area contributed by atoms with E-state index in [2.05, 4.69) is 21.0 Å². The van der Waals surface area contributed by atoms with Crippen LogP contribution in [0, 0.1) is 10.1 Å². The Labute approximate surface area is 80.2 Å². The van der Waals surface area contributed by atoms with E-state index in [-0.39, 0.29) is 10.3 Å². The van der Waals surface area contributed by atoms with Crippen molar-refractivity contribution in [1.82, 2.24) is 9.78 Å². The zero-order valence-corrected chi connectivity index (χ0v) is 7.76. The molecule has 1 aromatic heterocycles. The summed E-state index contributed by atoms with van der Waals surface area (Å²) in [6, 6.07) is 0. The maximum absolute atomic E-state index is 10.3. The normalized spacial score (nSPS) is 9.92. The van der Waals surface area contributed by atoms with Crippen molar-refractivity contribution in [3.8, 4) is 0 Å². The molecule has 0 spiro atoms. The van der Waals surface area contributed by atoms with Gasteiger partial charge in [-0.25, -0.2) is 0 Å². The van der Waals surface area contributed by atoms with E-state index in [1.807, 2.05) is 0 Å². The maximum Gasteiger partial charge on any atom is 0.404 e. The molecule has 0 amide bonds. The SMILES string of the molecule is O=C(O)Cn1cc(Br)c([N+](=O)[O-])n1. The molecular weight excluding hydrogens is 246 g/mol. The van der Waals surface area contributed by atoms with Crippen molar-refractivity contribution in [3.63, 3.8) is 0 Å². The van der Waals surface area contributed by atoms with Gasteiger partial charge in [-0.15, -0.1) is 0 Å². The Morgan fingerprint density at radius 3 is 2.85 bits per heavy atom. The molecule has 7 nitrogen and oxygen atoms in total.